The molecule has 0 radical (unpaired) electrons. The number of hydrogen-bond acceptors (Lipinski definition) is 2. The van der Waals surface area contributed by atoms with Gasteiger partial charge >= 0.3 is 0 Å². The zero-order valence-electron chi connectivity index (χ0n) is 12.5. The highest BCUT2D eigenvalue weighted by molar-refractivity contribution is 14.0. The molecule has 0 spiro atoms. The van der Waals surface area contributed by atoms with Gasteiger partial charge in [-0.15, -0.1) is 24.0 Å². The molecule has 0 heterocycles. The average molecular weight is 384 g/mol. The van der Waals surface area contributed by atoms with E-state index in [4.69, 9.17) is 0 Å². The smallest absolute Gasteiger partial charge is 0.190 e. The first-order chi connectivity index (χ1) is 8.78. The molecule has 6 nitrogen and oxygen atoms in total. The molecule has 0 saturated carbocycles. The minimum atomic E-state index is 0. The summed E-state index contributed by atoms with van der Waals surface area (Å²) in [7, 11) is 7.30. The van der Waals surface area contributed by atoms with Crippen LogP contribution in [-0.2, 0) is 0 Å². The minimum Gasteiger partial charge on any atom is -0.359 e. The lowest BCUT2D eigenvalue weighted by atomic mass is 10.2. The van der Waals surface area contributed by atoms with Crippen molar-refractivity contribution in [2.45, 2.75) is 25.7 Å². The number of unbranched alkanes of at least 4 members (excludes halogenated alkanes) is 3. The normalized spacial score (nSPS) is 11.6. The molecule has 4 N–H and O–H groups in total. The lowest BCUT2D eigenvalue weighted by molar-refractivity contribution is 0.619. The Bertz CT molecular complexity index is 229. The van der Waals surface area contributed by atoms with E-state index in [1.54, 1.807) is 14.1 Å². The third kappa shape index (κ3) is 12.1. The van der Waals surface area contributed by atoms with Gasteiger partial charge in [-0.05, 0) is 12.8 Å². The van der Waals surface area contributed by atoms with Crippen molar-refractivity contribution in [3.8, 4) is 0 Å². The standard InChI is InChI=1S/C12H28N6.HI/c1-13-11(14-2)17-9-7-5-6-8-10-18-12(15-3)16-4;/h5-10H2,1-4H3,(H2,13,14,17)(H2,15,16,18);1H. The van der Waals surface area contributed by atoms with Crippen molar-refractivity contribution in [2.24, 2.45) is 9.98 Å². The van der Waals surface area contributed by atoms with Gasteiger partial charge in [-0.25, -0.2) is 0 Å². The lowest BCUT2D eigenvalue weighted by Crippen LogP contribution is -2.35. The number of aliphatic imine (C=N–C) groups is 2. The molecule has 0 aromatic carbocycles. The number of guanidine groups is 2. The zero-order chi connectivity index (χ0) is 13.6. The SMILES string of the molecule is CN=C(NC)NCCCCCCNC(=NC)NC.I. The molecule has 0 aromatic heterocycles. The van der Waals surface area contributed by atoms with Gasteiger partial charge in [0.25, 0.3) is 0 Å². The van der Waals surface area contributed by atoms with Crippen LogP contribution in [0.4, 0.5) is 0 Å². The summed E-state index contributed by atoms with van der Waals surface area (Å²) in [6.45, 7) is 1.94. The zero-order valence-corrected chi connectivity index (χ0v) is 14.9. The Morgan fingerprint density at radius 2 is 1.11 bits per heavy atom. The molecule has 0 aromatic rings. The Labute approximate surface area is 134 Å². The van der Waals surface area contributed by atoms with Gasteiger partial charge in [-0.3, -0.25) is 9.98 Å². The summed E-state index contributed by atoms with van der Waals surface area (Å²) in [4.78, 5) is 8.11. The summed E-state index contributed by atoms with van der Waals surface area (Å²) in [5, 5.41) is 12.5. The van der Waals surface area contributed by atoms with E-state index < -0.39 is 0 Å². The van der Waals surface area contributed by atoms with Crippen molar-refractivity contribution in [1.82, 2.24) is 21.3 Å². The summed E-state index contributed by atoms with van der Waals surface area (Å²) in [6.07, 6.45) is 4.80. The molecule has 0 fully saturated rings. The quantitative estimate of drug-likeness (QED) is 0.226. The van der Waals surface area contributed by atoms with Gasteiger partial charge < -0.3 is 21.3 Å². The van der Waals surface area contributed by atoms with Crippen molar-refractivity contribution in [2.75, 3.05) is 41.3 Å². The molecule has 114 valence electrons. The monoisotopic (exact) mass is 384 g/mol. The van der Waals surface area contributed by atoms with Gasteiger partial charge in [0.15, 0.2) is 11.9 Å². The maximum absolute atomic E-state index is 4.06. The third-order valence-electron chi connectivity index (χ3n) is 2.61. The molecule has 0 unspecified atom stereocenters. The molecular formula is C12H29IN6. The van der Waals surface area contributed by atoms with E-state index >= 15 is 0 Å². The van der Waals surface area contributed by atoms with E-state index in [1.807, 2.05) is 14.1 Å². The van der Waals surface area contributed by atoms with Gasteiger partial charge in [-0.1, -0.05) is 12.8 Å². The van der Waals surface area contributed by atoms with E-state index in [9.17, 15) is 0 Å². The van der Waals surface area contributed by atoms with Crippen LogP contribution < -0.4 is 21.3 Å². The first-order valence-electron chi connectivity index (χ1n) is 6.55. The van der Waals surface area contributed by atoms with Crippen LogP contribution in [0.25, 0.3) is 0 Å². The Morgan fingerprint density at radius 1 is 0.737 bits per heavy atom. The van der Waals surface area contributed by atoms with Crippen molar-refractivity contribution >= 4 is 35.9 Å². The maximum atomic E-state index is 4.06. The van der Waals surface area contributed by atoms with Crippen LogP contribution >= 0.6 is 24.0 Å². The second-order valence-electron chi connectivity index (χ2n) is 3.91. The molecule has 19 heavy (non-hydrogen) atoms. The van der Waals surface area contributed by atoms with Crippen molar-refractivity contribution in [3.63, 3.8) is 0 Å². The van der Waals surface area contributed by atoms with Gasteiger partial charge in [-0.2, -0.15) is 0 Å². The number of nitrogens with one attached hydrogen (secondary N) is 4. The molecular weight excluding hydrogens is 355 g/mol. The van der Waals surface area contributed by atoms with Crippen LogP contribution in [0.5, 0.6) is 0 Å². The predicted octanol–water partition coefficient (Wildman–Crippen LogP) is 0.754. The first-order valence-corrected chi connectivity index (χ1v) is 6.55. The van der Waals surface area contributed by atoms with E-state index in [-0.39, 0.29) is 24.0 Å². The lowest BCUT2D eigenvalue weighted by Gasteiger charge is -2.09. The first kappa shape index (κ1) is 20.6. The molecule has 0 amide bonds. The average Bonchev–Trinajstić information content (AvgIpc) is 2.41. The molecule has 7 heteroatoms. The van der Waals surface area contributed by atoms with Crippen molar-refractivity contribution in [3.05, 3.63) is 0 Å². The van der Waals surface area contributed by atoms with Gasteiger partial charge in [0.05, 0.1) is 0 Å². The topological polar surface area (TPSA) is 72.8 Å². The number of rotatable bonds is 7. The van der Waals surface area contributed by atoms with Gasteiger partial charge in [0.2, 0.25) is 0 Å². The summed E-state index contributed by atoms with van der Waals surface area (Å²) in [5.41, 5.74) is 0. The number of nitrogens with zero attached hydrogens (tertiary/aromatic N) is 2. The summed E-state index contributed by atoms with van der Waals surface area (Å²) < 4.78 is 0. The van der Waals surface area contributed by atoms with E-state index in [2.05, 4.69) is 31.3 Å². The summed E-state index contributed by atoms with van der Waals surface area (Å²) >= 11 is 0. The fourth-order valence-corrected chi connectivity index (χ4v) is 1.58. The molecule has 0 aliphatic heterocycles. The third-order valence-corrected chi connectivity index (χ3v) is 2.61. The largest absolute Gasteiger partial charge is 0.359 e. The highest BCUT2D eigenvalue weighted by Crippen LogP contribution is 1.97. The molecule has 0 bridgehead atoms. The van der Waals surface area contributed by atoms with Crippen molar-refractivity contribution in [1.29, 1.82) is 0 Å². The van der Waals surface area contributed by atoms with Crippen LogP contribution in [0.1, 0.15) is 25.7 Å². The van der Waals surface area contributed by atoms with Gasteiger partial charge in [0.1, 0.15) is 0 Å². The summed E-state index contributed by atoms with van der Waals surface area (Å²) in [6, 6.07) is 0. The summed E-state index contributed by atoms with van der Waals surface area (Å²) in [5.74, 6) is 1.71. The number of hydrogen-bond donors (Lipinski definition) is 4. The molecule has 0 rings (SSSR count). The fourth-order valence-electron chi connectivity index (χ4n) is 1.58. The van der Waals surface area contributed by atoms with Crippen LogP contribution in [0.15, 0.2) is 9.98 Å². The Balaban J connectivity index is 0. The fraction of sp³-hybridized carbons (Fsp3) is 0.833. The highest BCUT2D eigenvalue weighted by Gasteiger charge is 1.95. The Kier molecular flexibility index (Phi) is 16.6. The van der Waals surface area contributed by atoms with E-state index in [1.165, 1.54) is 25.7 Å². The van der Waals surface area contributed by atoms with Gasteiger partial charge in [0, 0.05) is 41.3 Å². The number of halogens is 1. The predicted molar refractivity (Wildman–Crippen MR) is 94.7 cm³/mol. The van der Waals surface area contributed by atoms with E-state index in [0.29, 0.717) is 0 Å². The van der Waals surface area contributed by atoms with Crippen LogP contribution in [0.2, 0.25) is 0 Å². The van der Waals surface area contributed by atoms with Crippen LogP contribution in [-0.4, -0.2) is 53.2 Å². The van der Waals surface area contributed by atoms with Crippen LogP contribution in [0.3, 0.4) is 0 Å². The highest BCUT2D eigenvalue weighted by atomic mass is 127. The van der Waals surface area contributed by atoms with Crippen molar-refractivity contribution < 1.29 is 0 Å². The van der Waals surface area contributed by atoms with Crippen LogP contribution in [0, 0.1) is 0 Å². The maximum Gasteiger partial charge on any atom is 0.190 e. The second kappa shape index (κ2) is 15.3. The Morgan fingerprint density at radius 3 is 1.37 bits per heavy atom. The molecule has 0 saturated heterocycles. The molecule has 0 atom stereocenters. The Hall–Kier alpha value is -0.730. The minimum absolute atomic E-state index is 0. The van der Waals surface area contributed by atoms with E-state index in [0.717, 1.165) is 25.0 Å². The second-order valence-corrected chi connectivity index (χ2v) is 3.91. The molecule has 0 aliphatic carbocycles. The molecule has 0 aliphatic rings.